The van der Waals surface area contributed by atoms with E-state index in [9.17, 15) is 9.59 Å². The van der Waals surface area contributed by atoms with Gasteiger partial charge in [0.15, 0.2) is 0 Å². The molecule has 0 saturated carbocycles. The number of nitrogens with zero attached hydrogens (tertiary/aromatic N) is 1. The quantitative estimate of drug-likeness (QED) is 0.709. The van der Waals surface area contributed by atoms with Crippen LogP contribution >= 0.6 is 0 Å². The Bertz CT molecular complexity index is 331. The fourth-order valence-corrected chi connectivity index (χ4v) is 2.68. The summed E-state index contributed by atoms with van der Waals surface area (Å²) in [5, 5.41) is 0. The lowest BCUT2D eigenvalue weighted by Gasteiger charge is -2.25. The first-order valence-electron chi connectivity index (χ1n) is 6.76. The zero-order valence-electron chi connectivity index (χ0n) is 11.1. The van der Waals surface area contributed by atoms with E-state index in [1.165, 1.54) is 0 Å². The van der Waals surface area contributed by atoms with Crippen molar-refractivity contribution in [1.29, 1.82) is 0 Å². The fraction of sp³-hybridized carbons (Fsp3) is 0.846. The van der Waals surface area contributed by atoms with E-state index in [1.807, 2.05) is 6.92 Å². The lowest BCUT2D eigenvalue weighted by molar-refractivity contribution is -0.156. The van der Waals surface area contributed by atoms with Crippen molar-refractivity contribution in [3.05, 3.63) is 0 Å². The summed E-state index contributed by atoms with van der Waals surface area (Å²) in [6.07, 6.45) is 3.00. The molecule has 0 bridgehead atoms. The SMILES string of the molecule is CCOC(=O)C1CCCN1C(=O)C1CCC(C)O1. The maximum Gasteiger partial charge on any atom is 0.328 e. The smallest absolute Gasteiger partial charge is 0.328 e. The van der Waals surface area contributed by atoms with Gasteiger partial charge in [0.1, 0.15) is 12.1 Å². The number of carbonyl (C=O) groups is 2. The minimum atomic E-state index is -0.406. The lowest BCUT2D eigenvalue weighted by atomic mass is 10.1. The molecular formula is C13H21NO4. The van der Waals surface area contributed by atoms with Gasteiger partial charge < -0.3 is 14.4 Å². The number of hydrogen-bond acceptors (Lipinski definition) is 4. The van der Waals surface area contributed by atoms with Gasteiger partial charge in [0.2, 0.25) is 0 Å². The number of carbonyl (C=O) groups excluding carboxylic acids is 2. The van der Waals surface area contributed by atoms with Crippen LogP contribution in [0.15, 0.2) is 0 Å². The average molecular weight is 255 g/mol. The van der Waals surface area contributed by atoms with Crippen LogP contribution in [0.1, 0.15) is 39.5 Å². The van der Waals surface area contributed by atoms with Gasteiger partial charge in [0.25, 0.3) is 5.91 Å². The molecular weight excluding hydrogens is 234 g/mol. The zero-order valence-corrected chi connectivity index (χ0v) is 11.1. The summed E-state index contributed by atoms with van der Waals surface area (Å²) in [5.74, 6) is -0.329. The maximum absolute atomic E-state index is 12.3. The molecule has 2 saturated heterocycles. The molecule has 2 fully saturated rings. The van der Waals surface area contributed by atoms with Crippen molar-refractivity contribution in [1.82, 2.24) is 4.90 Å². The fourth-order valence-electron chi connectivity index (χ4n) is 2.68. The molecule has 0 aliphatic carbocycles. The minimum Gasteiger partial charge on any atom is -0.464 e. The summed E-state index contributed by atoms with van der Waals surface area (Å²) in [5.41, 5.74) is 0. The molecule has 5 nitrogen and oxygen atoms in total. The minimum absolute atomic E-state index is 0.0464. The van der Waals surface area contributed by atoms with Gasteiger partial charge in [-0.15, -0.1) is 0 Å². The summed E-state index contributed by atoms with van der Waals surface area (Å²) in [6.45, 7) is 4.74. The normalized spacial score (nSPS) is 31.7. The highest BCUT2D eigenvalue weighted by Gasteiger charge is 2.40. The molecule has 1 amide bonds. The van der Waals surface area contributed by atoms with Crippen LogP contribution < -0.4 is 0 Å². The van der Waals surface area contributed by atoms with Crippen molar-refractivity contribution in [2.45, 2.75) is 57.8 Å². The summed E-state index contributed by atoms with van der Waals surface area (Å²) in [6, 6.07) is -0.406. The second kappa shape index (κ2) is 5.69. The number of rotatable bonds is 3. The Morgan fingerprint density at radius 3 is 2.72 bits per heavy atom. The molecule has 3 unspecified atom stereocenters. The Morgan fingerprint density at radius 1 is 1.33 bits per heavy atom. The molecule has 2 rings (SSSR count). The highest BCUT2D eigenvalue weighted by Crippen LogP contribution is 2.25. The van der Waals surface area contributed by atoms with Crippen molar-refractivity contribution < 1.29 is 19.1 Å². The molecule has 102 valence electrons. The van der Waals surface area contributed by atoms with Crippen LogP contribution in [-0.2, 0) is 19.1 Å². The van der Waals surface area contributed by atoms with Crippen molar-refractivity contribution in [3.63, 3.8) is 0 Å². The maximum atomic E-state index is 12.3. The van der Waals surface area contributed by atoms with Crippen LogP contribution in [0.4, 0.5) is 0 Å². The van der Waals surface area contributed by atoms with Crippen LogP contribution in [0.25, 0.3) is 0 Å². The molecule has 2 aliphatic heterocycles. The second-order valence-electron chi connectivity index (χ2n) is 4.95. The predicted octanol–water partition coefficient (Wildman–Crippen LogP) is 1.11. The summed E-state index contributed by atoms with van der Waals surface area (Å²) >= 11 is 0. The first kappa shape index (κ1) is 13.3. The average Bonchev–Trinajstić information content (AvgIpc) is 2.96. The number of hydrogen-bond donors (Lipinski definition) is 0. The molecule has 5 heteroatoms. The molecule has 18 heavy (non-hydrogen) atoms. The molecule has 0 aromatic carbocycles. The van der Waals surface area contributed by atoms with E-state index < -0.39 is 6.04 Å². The summed E-state index contributed by atoms with van der Waals surface area (Å²) in [4.78, 5) is 25.7. The van der Waals surface area contributed by atoms with Crippen LogP contribution in [0.5, 0.6) is 0 Å². The molecule has 2 aliphatic rings. The Labute approximate surface area is 107 Å². The molecule has 0 aromatic rings. The van der Waals surface area contributed by atoms with Crippen molar-refractivity contribution in [2.75, 3.05) is 13.2 Å². The first-order chi connectivity index (χ1) is 8.63. The monoisotopic (exact) mass is 255 g/mol. The van der Waals surface area contributed by atoms with Crippen LogP contribution in [0.3, 0.4) is 0 Å². The van der Waals surface area contributed by atoms with Gasteiger partial charge >= 0.3 is 5.97 Å². The molecule has 2 heterocycles. The number of ether oxygens (including phenoxy) is 2. The third kappa shape index (κ3) is 2.66. The third-order valence-corrected chi connectivity index (χ3v) is 3.60. The van der Waals surface area contributed by atoms with E-state index in [-0.39, 0.29) is 24.1 Å². The van der Waals surface area contributed by atoms with Gasteiger partial charge in [-0.2, -0.15) is 0 Å². The zero-order chi connectivity index (χ0) is 13.1. The highest BCUT2D eigenvalue weighted by molar-refractivity contribution is 5.87. The first-order valence-corrected chi connectivity index (χ1v) is 6.76. The van der Waals surface area contributed by atoms with Crippen molar-refractivity contribution in [3.8, 4) is 0 Å². The van der Waals surface area contributed by atoms with Gasteiger partial charge in [-0.25, -0.2) is 4.79 Å². The topological polar surface area (TPSA) is 55.8 Å². The highest BCUT2D eigenvalue weighted by atomic mass is 16.5. The van der Waals surface area contributed by atoms with E-state index in [0.717, 1.165) is 19.3 Å². The van der Waals surface area contributed by atoms with Gasteiger partial charge in [-0.3, -0.25) is 4.79 Å². The van der Waals surface area contributed by atoms with Gasteiger partial charge in [0.05, 0.1) is 12.7 Å². The van der Waals surface area contributed by atoms with E-state index >= 15 is 0 Å². The van der Waals surface area contributed by atoms with Gasteiger partial charge in [-0.1, -0.05) is 0 Å². The van der Waals surface area contributed by atoms with Gasteiger partial charge in [-0.05, 0) is 39.5 Å². The third-order valence-electron chi connectivity index (χ3n) is 3.60. The van der Waals surface area contributed by atoms with E-state index in [4.69, 9.17) is 9.47 Å². The Kier molecular flexibility index (Phi) is 4.22. The summed E-state index contributed by atoms with van der Waals surface area (Å²) in [7, 11) is 0. The number of esters is 1. The van der Waals surface area contributed by atoms with Gasteiger partial charge in [0, 0.05) is 6.54 Å². The van der Waals surface area contributed by atoms with Crippen molar-refractivity contribution >= 4 is 11.9 Å². The number of amides is 1. The molecule has 0 aromatic heterocycles. The lowest BCUT2D eigenvalue weighted by Crippen LogP contribution is -2.46. The largest absolute Gasteiger partial charge is 0.464 e. The van der Waals surface area contributed by atoms with E-state index in [0.29, 0.717) is 19.6 Å². The Balaban J connectivity index is 1.98. The second-order valence-corrected chi connectivity index (χ2v) is 4.95. The molecule has 3 atom stereocenters. The van der Waals surface area contributed by atoms with E-state index in [2.05, 4.69) is 0 Å². The number of likely N-dealkylation sites (tertiary alicyclic amines) is 1. The Hall–Kier alpha value is -1.10. The standard InChI is InChI=1S/C13H21NO4/c1-3-17-13(16)10-5-4-8-14(10)12(15)11-7-6-9(2)18-11/h9-11H,3-8H2,1-2H3. The van der Waals surface area contributed by atoms with Crippen LogP contribution in [0.2, 0.25) is 0 Å². The predicted molar refractivity (Wildman–Crippen MR) is 64.9 cm³/mol. The Morgan fingerprint density at radius 2 is 2.11 bits per heavy atom. The van der Waals surface area contributed by atoms with E-state index in [1.54, 1.807) is 11.8 Å². The van der Waals surface area contributed by atoms with Crippen LogP contribution in [0, 0.1) is 0 Å². The van der Waals surface area contributed by atoms with Crippen LogP contribution in [-0.4, -0.2) is 48.2 Å². The van der Waals surface area contributed by atoms with Crippen molar-refractivity contribution in [2.24, 2.45) is 0 Å². The molecule has 0 N–H and O–H groups in total. The molecule has 0 radical (unpaired) electrons. The molecule has 0 spiro atoms. The summed E-state index contributed by atoms with van der Waals surface area (Å²) < 4.78 is 10.6.